The molecule has 5 heteroatoms. The Morgan fingerprint density at radius 2 is 1.81 bits per heavy atom. The largest absolute Gasteiger partial charge is 0.377 e. The molecule has 1 aliphatic carbocycles. The number of hydrogen-bond acceptors (Lipinski definition) is 4. The highest BCUT2D eigenvalue weighted by atomic mass is 16.6. The van der Waals surface area contributed by atoms with Crippen LogP contribution in [0.25, 0.3) is 0 Å². The maximum Gasteiger partial charge on any atom is 0.292 e. The lowest BCUT2D eigenvalue weighted by Crippen LogP contribution is -2.51. The second kappa shape index (κ2) is 7.78. The topological polar surface area (TPSA) is 58.4 Å². The highest BCUT2D eigenvalue weighted by Gasteiger charge is 2.43. The minimum atomic E-state index is -0.286. The van der Waals surface area contributed by atoms with E-state index in [9.17, 15) is 10.1 Å². The molecule has 2 bridgehead atoms. The molecule has 1 aromatic rings. The molecule has 2 unspecified atom stereocenters. The summed E-state index contributed by atoms with van der Waals surface area (Å²) >= 11 is 0. The maximum absolute atomic E-state index is 11.3. The summed E-state index contributed by atoms with van der Waals surface area (Å²) in [5, 5.41) is 14.8. The third kappa shape index (κ3) is 3.63. The van der Waals surface area contributed by atoms with E-state index < -0.39 is 0 Å². The number of piperidine rings is 1. The molecule has 3 aliphatic rings. The van der Waals surface area contributed by atoms with Gasteiger partial charge in [-0.05, 0) is 51.0 Å². The van der Waals surface area contributed by atoms with Crippen LogP contribution in [0.15, 0.2) is 36.4 Å². The monoisotopic (exact) mass is 355 g/mol. The molecular formula is C21H29N3O2. The van der Waals surface area contributed by atoms with E-state index in [0.717, 1.165) is 12.8 Å². The average molecular weight is 355 g/mol. The minimum absolute atomic E-state index is 0.185. The van der Waals surface area contributed by atoms with Gasteiger partial charge in [-0.1, -0.05) is 37.1 Å². The first kappa shape index (κ1) is 17.5. The second-order valence-corrected chi connectivity index (χ2v) is 8.05. The number of anilines is 1. The summed E-state index contributed by atoms with van der Waals surface area (Å²) in [6.45, 7) is 0. The molecule has 1 aromatic carbocycles. The molecule has 4 rings (SSSR count). The molecule has 0 radical (unpaired) electrons. The molecule has 0 aromatic heterocycles. The van der Waals surface area contributed by atoms with Gasteiger partial charge >= 0.3 is 0 Å². The lowest BCUT2D eigenvalue weighted by atomic mass is 9.92. The van der Waals surface area contributed by atoms with Crippen molar-refractivity contribution in [2.45, 2.75) is 82.0 Å². The van der Waals surface area contributed by atoms with E-state index in [2.05, 4.69) is 22.4 Å². The van der Waals surface area contributed by atoms with Gasteiger partial charge in [0, 0.05) is 30.2 Å². The lowest BCUT2D eigenvalue weighted by Gasteiger charge is -2.43. The van der Waals surface area contributed by atoms with E-state index in [-0.39, 0.29) is 10.6 Å². The Morgan fingerprint density at radius 1 is 1.04 bits per heavy atom. The third-order valence-electron chi connectivity index (χ3n) is 6.36. The Balaban J connectivity index is 1.45. The molecule has 2 saturated heterocycles. The van der Waals surface area contributed by atoms with E-state index in [4.69, 9.17) is 0 Å². The van der Waals surface area contributed by atoms with E-state index in [1.807, 2.05) is 12.1 Å². The summed E-state index contributed by atoms with van der Waals surface area (Å²) in [6, 6.07) is 9.19. The van der Waals surface area contributed by atoms with Crippen LogP contribution in [0, 0.1) is 10.1 Å². The fourth-order valence-electron chi connectivity index (χ4n) is 5.24. The zero-order valence-corrected chi connectivity index (χ0v) is 15.3. The number of nitrogens with zero attached hydrogens (tertiary/aromatic N) is 2. The Morgan fingerprint density at radius 3 is 2.58 bits per heavy atom. The van der Waals surface area contributed by atoms with Crippen LogP contribution in [0.2, 0.25) is 0 Å². The standard InChI is InChI=1S/C21H29N3O2/c25-24(26)21-11-7-6-10-20(21)22-16-14-18-12-13-19(15-16)23(18)17-8-4-2-1-3-5-9-17/h4,6-8,10-11,16-19,22H,1-3,5,9,12-15H2/t16?,17?,18-,19+. The molecule has 26 heavy (non-hydrogen) atoms. The van der Waals surface area contributed by atoms with E-state index in [1.54, 1.807) is 12.1 Å². The van der Waals surface area contributed by atoms with Crippen LogP contribution in [0.1, 0.15) is 57.8 Å². The summed E-state index contributed by atoms with van der Waals surface area (Å²) in [7, 11) is 0. The van der Waals surface area contributed by atoms with Gasteiger partial charge in [-0.15, -0.1) is 0 Å². The normalized spacial score (nSPS) is 32.0. The van der Waals surface area contributed by atoms with Crippen LogP contribution < -0.4 is 5.32 Å². The first-order chi connectivity index (χ1) is 12.7. The maximum atomic E-state index is 11.3. The number of nitro groups is 1. The van der Waals surface area contributed by atoms with Crippen molar-refractivity contribution in [1.29, 1.82) is 0 Å². The van der Waals surface area contributed by atoms with Crippen LogP contribution in [0.4, 0.5) is 11.4 Å². The lowest BCUT2D eigenvalue weighted by molar-refractivity contribution is -0.384. The summed E-state index contributed by atoms with van der Waals surface area (Å²) in [6.07, 6.45) is 16.1. The van der Waals surface area contributed by atoms with Crippen LogP contribution in [-0.2, 0) is 0 Å². The highest BCUT2D eigenvalue weighted by Crippen LogP contribution is 2.40. The Kier molecular flexibility index (Phi) is 5.25. The summed E-state index contributed by atoms with van der Waals surface area (Å²) in [4.78, 5) is 13.8. The summed E-state index contributed by atoms with van der Waals surface area (Å²) in [5.41, 5.74) is 0.853. The van der Waals surface area contributed by atoms with Gasteiger partial charge in [0.25, 0.3) is 5.69 Å². The van der Waals surface area contributed by atoms with Gasteiger partial charge in [-0.2, -0.15) is 0 Å². The Bertz CT molecular complexity index is 661. The Labute approximate surface area is 155 Å². The predicted octanol–water partition coefficient (Wildman–Crippen LogP) is 4.89. The van der Waals surface area contributed by atoms with Crippen LogP contribution in [0.5, 0.6) is 0 Å². The van der Waals surface area contributed by atoms with E-state index in [0.29, 0.717) is 29.9 Å². The molecule has 0 saturated carbocycles. The molecule has 5 nitrogen and oxygen atoms in total. The number of fused-ring (bicyclic) bond motifs is 2. The first-order valence-corrected chi connectivity index (χ1v) is 10.2. The zero-order chi connectivity index (χ0) is 17.9. The van der Waals surface area contributed by atoms with E-state index >= 15 is 0 Å². The van der Waals surface area contributed by atoms with Crippen molar-refractivity contribution < 1.29 is 4.92 Å². The number of allylic oxidation sites excluding steroid dienone is 1. The number of para-hydroxylation sites is 2. The predicted molar refractivity (Wildman–Crippen MR) is 104 cm³/mol. The number of nitrogens with one attached hydrogen (secondary N) is 1. The van der Waals surface area contributed by atoms with Gasteiger partial charge in [0.2, 0.25) is 0 Å². The van der Waals surface area contributed by atoms with Gasteiger partial charge in [0.15, 0.2) is 0 Å². The van der Waals surface area contributed by atoms with Crippen LogP contribution in [-0.4, -0.2) is 34.0 Å². The number of benzene rings is 1. The summed E-state index contributed by atoms with van der Waals surface area (Å²) in [5.74, 6) is 0. The number of hydrogen-bond donors (Lipinski definition) is 1. The highest BCUT2D eigenvalue weighted by molar-refractivity contribution is 5.61. The van der Waals surface area contributed by atoms with Crippen LogP contribution >= 0.6 is 0 Å². The molecule has 0 spiro atoms. The fraction of sp³-hybridized carbons (Fsp3) is 0.619. The average Bonchev–Trinajstić information content (AvgIpc) is 2.86. The number of rotatable bonds is 4. The van der Waals surface area contributed by atoms with Crippen molar-refractivity contribution in [3.05, 3.63) is 46.5 Å². The quantitative estimate of drug-likeness (QED) is 0.474. The van der Waals surface area contributed by atoms with Gasteiger partial charge in [-0.3, -0.25) is 15.0 Å². The summed E-state index contributed by atoms with van der Waals surface area (Å²) < 4.78 is 0. The van der Waals surface area contributed by atoms with Gasteiger partial charge in [-0.25, -0.2) is 0 Å². The van der Waals surface area contributed by atoms with Gasteiger partial charge in [0.05, 0.1) is 4.92 Å². The third-order valence-corrected chi connectivity index (χ3v) is 6.36. The SMILES string of the molecule is O=[N+]([O-])c1ccccc1NC1C[C@H]2CC[C@@H](C1)N2C1C=CCCCCC1. The molecule has 4 atom stereocenters. The van der Waals surface area contributed by atoms with Gasteiger partial charge in [0.1, 0.15) is 5.69 Å². The molecule has 0 amide bonds. The molecule has 2 heterocycles. The van der Waals surface area contributed by atoms with Crippen molar-refractivity contribution in [1.82, 2.24) is 4.90 Å². The zero-order valence-electron chi connectivity index (χ0n) is 15.3. The molecule has 2 aliphatic heterocycles. The molecule has 140 valence electrons. The van der Waals surface area contributed by atoms with E-state index in [1.165, 1.54) is 44.9 Å². The second-order valence-electron chi connectivity index (χ2n) is 8.05. The van der Waals surface area contributed by atoms with Crippen molar-refractivity contribution in [3.63, 3.8) is 0 Å². The smallest absolute Gasteiger partial charge is 0.292 e. The van der Waals surface area contributed by atoms with Crippen molar-refractivity contribution in [3.8, 4) is 0 Å². The molecular weight excluding hydrogens is 326 g/mol. The molecule has 2 fully saturated rings. The molecule has 1 N–H and O–H groups in total. The van der Waals surface area contributed by atoms with Crippen LogP contribution in [0.3, 0.4) is 0 Å². The van der Waals surface area contributed by atoms with Crippen molar-refractivity contribution >= 4 is 11.4 Å². The Hall–Kier alpha value is -1.88. The number of nitro benzene ring substituents is 1. The van der Waals surface area contributed by atoms with Gasteiger partial charge < -0.3 is 5.32 Å². The van der Waals surface area contributed by atoms with Crippen molar-refractivity contribution in [2.24, 2.45) is 0 Å². The van der Waals surface area contributed by atoms with Crippen molar-refractivity contribution in [2.75, 3.05) is 5.32 Å². The first-order valence-electron chi connectivity index (χ1n) is 10.2. The minimum Gasteiger partial charge on any atom is -0.377 e. The fourth-order valence-corrected chi connectivity index (χ4v) is 5.24.